The summed E-state index contributed by atoms with van der Waals surface area (Å²) in [5, 5.41) is 7.76. The molecule has 1 amide bonds. The van der Waals surface area contributed by atoms with Crippen molar-refractivity contribution < 1.29 is 4.79 Å². The molecular weight excluding hydrogens is 370 g/mol. The number of nitrogens with one attached hydrogen (secondary N) is 2. The summed E-state index contributed by atoms with van der Waals surface area (Å²) in [4.78, 5) is 16.5. The van der Waals surface area contributed by atoms with Crippen LogP contribution in [0.25, 0.3) is 5.65 Å². The first-order chi connectivity index (χ1) is 13.7. The van der Waals surface area contributed by atoms with Crippen molar-refractivity contribution in [1.82, 2.24) is 19.3 Å². The number of allylic oxidation sites excluding steroid dienone is 1. The van der Waals surface area contributed by atoms with Gasteiger partial charge in [0.1, 0.15) is 0 Å². The number of carbonyl (C=O) groups excluding carboxylic acids is 1. The Bertz CT molecular complexity index is 784. The first-order valence-electron chi connectivity index (χ1n) is 10.4. The minimum absolute atomic E-state index is 0.0388. The lowest BCUT2D eigenvalue weighted by Gasteiger charge is -2.22. The van der Waals surface area contributed by atoms with Gasteiger partial charge in [-0.15, -0.1) is 5.10 Å². The van der Waals surface area contributed by atoms with Gasteiger partial charge in [0.25, 0.3) is 0 Å². The maximum Gasteiger partial charge on any atom is 0.249 e. The zero-order valence-electron chi connectivity index (χ0n) is 17.6. The second kappa shape index (κ2) is 11.2. The van der Waals surface area contributed by atoms with Crippen LogP contribution in [0, 0.1) is 5.92 Å². The molecule has 2 aromatic heterocycles. The van der Waals surface area contributed by atoms with Crippen molar-refractivity contribution >= 4 is 29.5 Å². The predicted octanol–water partition coefficient (Wildman–Crippen LogP) is 4.80. The molecule has 4 rings (SSSR count). The van der Waals surface area contributed by atoms with E-state index in [4.69, 9.17) is 0 Å². The molecular formula is C21H33N5OS. The predicted molar refractivity (Wildman–Crippen MR) is 119 cm³/mol. The molecule has 2 unspecified atom stereocenters. The summed E-state index contributed by atoms with van der Waals surface area (Å²) in [5.74, 6) is 0.942. The van der Waals surface area contributed by atoms with Gasteiger partial charge in [0.2, 0.25) is 11.9 Å². The second-order valence-corrected chi connectivity index (χ2v) is 7.61. The first-order valence-corrected chi connectivity index (χ1v) is 11.3. The van der Waals surface area contributed by atoms with E-state index >= 15 is 0 Å². The molecule has 0 radical (unpaired) electrons. The van der Waals surface area contributed by atoms with Crippen LogP contribution < -0.4 is 10.0 Å². The lowest BCUT2D eigenvalue weighted by atomic mass is 9.90. The van der Waals surface area contributed by atoms with Crippen molar-refractivity contribution in [1.29, 1.82) is 0 Å². The maximum absolute atomic E-state index is 11.9. The average Bonchev–Trinajstić information content (AvgIpc) is 3.52. The van der Waals surface area contributed by atoms with Crippen molar-refractivity contribution in [2.75, 3.05) is 12.4 Å². The lowest BCUT2D eigenvalue weighted by molar-refractivity contribution is -0.117. The van der Waals surface area contributed by atoms with Gasteiger partial charge < -0.3 is 0 Å². The number of fused-ring (bicyclic) bond motifs is 1. The molecule has 0 aliphatic heterocycles. The van der Waals surface area contributed by atoms with Gasteiger partial charge in [0.15, 0.2) is 5.65 Å². The number of amides is 1. The number of hydrogen-bond acceptors (Lipinski definition) is 5. The summed E-state index contributed by atoms with van der Waals surface area (Å²) in [5.41, 5.74) is 2.00. The van der Waals surface area contributed by atoms with Gasteiger partial charge in [0.05, 0.1) is 0 Å². The van der Waals surface area contributed by atoms with E-state index in [0.29, 0.717) is 17.1 Å². The summed E-state index contributed by atoms with van der Waals surface area (Å²) in [6, 6.07) is 4.10. The SMILES string of the molecule is CC.CC.CNSC1C=CC(c2cccn3nc(NC(=O)C4CC4)nc23)CC1. The minimum atomic E-state index is 0.0388. The summed E-state index contributed by atoms with van der Waals surface area (Å²) >= 11 is 1.76. The van der Waals surface area contributed by atoms with E-state index in [1.165, 1.54) is 5.56 Å². The van der Waals surface area contributed by atoms with Crippen LogP contribution in [0.15, 0.2) is 30.5 Å². The smallest absolute Gasteiger partial charge is 0.249 e. The highest BCUT2D eigenvalue weighted by atomic mass is 32.2. The molecule has 1 fully saturated rings. The fourth-order valence-corrected chi connectivity index (χ4v) is 3.86. The van der Waals surface area contributed by atoms with E-state index in [0.717, 1.165) is 31.3 Å². The topological polar surface area (TPSA) is 71.3 Å². The van der Waals surface area contributed by atoms with Crippen molar-refractivity contribution in [3.05, 3.63) is 36.0 Å². The van der Waals surface area contributed by atoms with Crippen molar-refractivity contribution in [2.45, 2.75) is 64.5 Å². The molecule has 0 spiro atoms. The van der Waals surface area contributed by atoms with Gasteiger partial charge in [-0.1, -0.05) is 57.9 Å². The molecule has 1 saturated carbocycles. The van der Waals surface area contributed by atoms with Gasteiger partial charge >= 0.3 is 0 Å². The van der Waals surface area contributed by atoms with E-state index in [2.05, 4.69) is 38.3 Å². The zero-order chi connectivity index (χ0) is 20.5. The van der Waals surface area contributed by atoms with E-state index in [-0.39, 0.29) is 11.8 Å². The summed E-state index contributed by atoms with van der Waals surface area (Å²) in [6.45, 7) is 8.00. The van der Waals surface area contributed by atoms with E-state index in [9.17, 15) is 4.79 Å². The summed E-state index contributed by atoms with van der Waals surface area (Å²) in [7, 11) is 1.96. The standard InChI is InChI=1S/C17H21N5OS.2C2H6/c1-18-24-13-8-6-11(7-9-13)14-3-2-10-22-15(14)19-17(21-22)20-16(23)12-4-5-12;2*1-2/h2-3,6,8,10-13,18H,4-5,7,9H2,1H3,(H,20,21,23);2*1-2H3. The minimum Gasteiger partial charge on any atom is -0.293 e. The maximum atomic E-state index is 11.9. The molecule has 0 aromatic carbocycles. The molecule has 0 saturated heterocycles. The molecule has 2 aromatic rings. The molecule has 28 heavy (non-hydrogen) atoms. The Hall–Kier alpha value is -1.86. The largest absolute Gasteiger partial charge is 0.293 e. The molecule has 2 heterocycles. The quantitative estimate of drug-likeness (QED) is 0.554. The molecule has 0 bridgehead atoms. The highest BCUT2D eigenvalue weighted by Gasteiger charge is 2.30. The van der Waals surface area contributed by atoms with Crippen LogP contribution in [0.3, 0.4) is 0 Å². The Labute approximate surface area is 172 Å². The number of anilines is 1. The van der Waals surface area contributed by atoms with E-state index in [1.807, 2.05) is 47.0 Å². The average molecular weight is 404 g/mol. The highest BCUT2D eigenvalue weighted by Crippen LogP contribution is 2.33. The molecule has 7 heteroatoms. The van der Waals surface area contributed by atoms with Crippen molar-refractivity contribution in [3.63, 3.8) is 0 Å². The Kier molecular flexibility index (Phi) is 8.99. The third-order valence-electron chi connectivity index (χ3n) is 4.56. The van der Waals surface area contributed by atoms with Gasteiger partial charge in [0, 0.05) is 28.8 Å². The summed E-state index contributed by atoms with van der Waals surface area (Å²) in [6.07, 6.45) is 10.6. The normalized spacial score (nSPS) is 20.6. The van der Waals surface area contributed by atoms with Crippen LogP contribution in [-0.2, 0) is 4.79 Å². The highest BCUT2D eigenvalue weighted by molar-refractivity contribution is 7.98. The lowest BCUT2D eigenvalue weighted by Crippen LogP contribution is -2.14. The van der Waals surface area contributed by atoms with Crippen LogP contribution in [0.2, 0.25) is 0 Å². The van der Waals surface area contributed by atoms with Gasteiger partial charge in [-0.3, -0.25) is 14.8 Å². The number of aromatic nitrogens is 3. The van der Waals surface area contributed by atoms with Gasteiger partial charge in [-0.2, -0.15) is 4.98 Å². The fraction of sp³-hybridized carbons (Fsp3) is 0.571. The number of pyridine rings is 1. The number of hydrogen-bond donors (Lipinski definition) is 2. The molecule has 2 N–H and O–H groups in total. The Morgan fingerprint density at radius 1 is 1.14 bits per heavy atom. The van der Waals surface area contributed by atoms with Gasteiger partial charge in [-0.25, -0.2) is 4.52 Å². The second-order valence-electron chi connectivity index (χ2n) is 6.36. The fourth-order valence-electron chi connectivity index (χ4n) is 3.13. The first kappa shape index (κ1) is 22.4. The van der Waals surface area contributed by atoms with Crippen molar-refractivity contribution in [3.8, 4) is 0 Å². The van der Waals surface area contributed by atoms with E-state index < -0.39 is 0 Å². The molecule has 2 aliphatic carbocycles. The Morgan fingerprint density at radius 3 is 2.50 bits per heavy atom. The third-order valence-corrected chi connectivity index (χ3v) is 5.50. The van der Waals surface area contributed by atoms with Crippen LogP contribution >= 0.6 is 11.9 Å². The molecule has 154 valence electrons. The number of nitrogens with zero attached hydrogens (tertiary/aromatic N) is 3. The van der Waals surface area contributed by atoms with Crippen LogP contribution in [0.1, 0.15) is 64.9 Å². The number of carbonyl (C=O) groups is 1. The Balaban J connectivity index is 0.000000660. The molecule has 6 nitrogen and oxygen atoms in total. The molecule has 2 aliphatic rings. The Morgan fingerprint density at radius 2 is 1.89 bits per heavy atom. The monoisotopic (exact) mass is 403 g/mol. The van der Waals surface area contributed by atoms with Crippen LogP contribution in [-0.4, -0.2) is 32.8 Å². The van der Waals surface area contributed by atoms with E-state index in [1.54, 1.807) is 16.5 Å². The molecule has 2 atom stereocenters. The zero-order valence-corrected chi connectivity index (χ0v) is 18.4. The summed E-state index contributed by atoms with van der Waals surface area (Å²) < 4.78 is 4.92. The number of rotatable bonds is 5. The van der Waals surface area contributed by atoms with Crippen molar-refractivity contribution in [2.24, 2.45) is 5.92 Å². The van der Waals surface area contributed by atoms with Gasteiger partial charge in [-0.05, 0) is 38.8 Å². The van der Waals surface area contributed by atoms with Crippen LogP contribution in [0.5, 0.6) is 0 Å². The van der Waals surface area contributed by atoms with Crippen LogP contribution in [0.4, 0.5) is 5.95 Å². The third kappa shape index (κ3) is 5.58.